The van der Waals surface area contributed by atoms with Crippen LogP contribution in [0.1, 0.15) is 29.2 Å². The Morgan fingerprint density at radius 1 is 0.522 bits per heavy atom. The minimum absolute atomic E-state index is 0.589. The van der Waals surface area contributed by atoms with Crippen molar-refractivity contribution in [1.82, 2.24) is 9.13 Å². The van der Waals surface area contributed by atoms with Gasteiger partial charge in [0, 0.05) is 62.1 Å². The summed E-state index contributed by atoms with van der Waals surface area (Å²) >= 11 is 0. The Balaban J connectivity index is 1.11. The quantitative estimate of drug-likeness (QED) is 0.0767. The number of rotatable bonds is 10. The van der Waals surface area contributed by atoms with Crippen LogP contribution >= 0.6 is 0 Å². The molecule has 0 radical (unpaired) electrons. The summed E-state index contributed by atoms with van der Waals surface area (Å²) in [7, 11) is 0. The minimum atomic E-state index is 0.589. The molecule has 0 fully saturated rings. The number of hydrogen-bond donors (Lipinski definition) is 0. The van der Waals surface area contributed by atoms with E-state index in [1.807, 2.05) is 66.9 Å². The van der Waals surface area contributed by atoms with E-state index in [1.165, 1.54) is 10.9 Å². The van der Waals surface area contributed by atoms with Gasteiger partial charge in [0.05, 0.1) is 33.2 Å². The second-order valence-electron chi connectivity index (χ2n) is 17.5. The second-order valence-corrected chi connectivity index (χ2v) is 17.5. The van der Waals surface area contributed by atoms with Gasteiger partial charge >= 0.3 is 0 Å². The number of para-hydroxylation sites is 3. The van der Waals surface area contributed by atoms with Crippen LogP contribution in [0.5, 0.6) is 0 Å². The first-order valence-electron chi connectivity index (χ1n) is 23.4. The molecule has 5 nitrogen and oxygen atoms in total. The fourth-order valence-electron chi connectivity index (χ4n) is 9.91. The third kappa shape index (κ3) is 7.47. The molecule has 9 aromatic carbocycles. The van der Waals surface area contributed by atoms with E-state index < -0.39 is 0 Å². The molecule has 69 heavy (non-hydrogen) atoms. The second kappa shape index (κ2) is 17.6. The van der Waals surface area contributed by atoms with Gasteiger partial charge in [0.25, 0.3) is 0 Å². The fourth-order valence-corrected chi connectivity index (χ4v) is 9.91. The Kier molecular flexibility index (Phi) is 10.6. The molecule has 0 unspecified atom stereocenters. The van der Waals surface area contributed by atoms with Crippen LogP contribution in [-0.4, -0.2) is 21.2 Å². The zero-order valence-corrected chi connectivity index (χ0v) is 38.1. The van der Waals surface area contributed by atoms with Gasteiger partial charge in [0.1, 0.15) is 5.58 Å². The van der Waals surface area contributed by atoms with Crippen LogP contribution < -0.4 is 0 Å². The average molecular weight is 887 g/mol. The van der Waals surface area contributed by atoms with Gasteiger partial charge in [0.15, 0.2) is 11.4 Å². The van der Waals surface area contributed by atoms with Crippen molar-refractivity contribution in [2.75, 3.05) is 0 Å². The fraction of sp³-hybridized carbons (Fsp3) is 0.0312. The summed E-state index contributed by atoms with van der Waals surface area (Å²) in [5, 5.41) is 6.71. The van der Waals surface area contributed by atoms with Gasteiger partial charge in [-0.1, -0.05) is 189 Å². The molecule has 0 aliphatic heterocycles. The Hall–Kier alpha value is -9.06. The molecule has 3 aromatic heterocycles. The largest absolute Gasteiger partial charge is 0.453 e. The van der Waals surface area contributed by atoms with Gasteiger partial charge < -0.3 is 13.6 Å². The summed E-state index contributed by atoms with van der Waals surface area (Å²) in [5.74, 6) is 0.589. The van der Waals surface area contributed by atoms with Crippen LogP contribution in [0, 0.1) is 0 Å². The zero-order chi connectivity index (χ0) is 46.3. The predicted molar refractivity (Wildman–Crippen MR) is 291 cm³/mol. The Morgan fingerprint density at radius 3 is 1.81 bits per heavy atom. The summed E-state index contributed by atoms with van der Waals surface area (Å²) in [6.07, 6.45) is 4.76. The molecule has 0 amide bonds. The lowest BCUT2D eigenvalue weighted by atomic mass is 9.96. The van der Waals surface area contributed by atoms with E-state index in [0.717, 1.165) is 99.4 Å². The van der Waals surface area contributed by atoms with Crippen molar-refractivity contribution in [2.24, 2.45) is 9.98 Å². The number of amidine groups is 1. The van der Waals surface area contributed by atoms with Crippen molar-refractivity contribution in [2.45, 2.75) is 13.3 Å². The van der Waals surface area contributed by atoms with E-state index in [0.29, 0.717) is 18.0 Å². The lowest BCUT2D eigenvalue weighted by Crippen LogP contribution is -2.05. The van der Waals surface area contributed by atoms with Gasteiger partial charge in [0.2, 0.25) is 0 Å². The third-order valence-electron chi connectivity index (χ3n) is 13.2. The van der Waals surface area contributed by atoms with Crippen molar-refractivity contribution >= 4 is 88.9 Å². The Morgan fingerprint density at radius 2 is 1.09 bits per heavy atom. The highest BCUT2D eigenvalue weighted by molar-refractivity contribution is 6.28. The molecule has 0 aliphatic carbocycles. The van der Waals surface area contributed by atoms with Crippen LogP contribution in [0.15, 0.2) is 263 Å². The number of furan rings is 1. The van der Waals surface area contributed by atoms with Crippen LogP contribution in [0.25, 0.3) is 82.5 Å². The maximum atomic E-state index is 7.35. The van der Waals surface area contributed by atoms with Crippen LogP contribution in [0.4, 0.5) is 0 Å². The normalized spacial score (nSPS) is 12.9. The van der Waals surface area contributed by atoms with Crippen LogP contribution in [0.3, 0.4) is 0 Å². The molecule has 0 saturated heterocycles. The van der Waals surface area contributed by atoms with Crippen LogP contribution in [0.2, 0.25) is 0 Å². The molecule has 0 saturated carbocycles. The molecule has 5 heteroatoms. The van der Waals surface area contributed by atoms with Gasteiger partial charge in [-0.15, -0.1) is 0 Å². The van der Waals surface area contributed by atoms with Crippen molar-refractivity contribution < 1.29 is 4.42 Å². The number of allylic oxidation sites excluding steroid dienone is 4. The van der Waals surface area contributed by atoms with Gasteiger partial charge in [-0.05, 0) is 77.7 Å². The molecule has 12 aromatic rings. The first-order valence-corrected chi connectivity index (χ1v) is 23.4. The van der Waals surface area contributed by atoms with Crippen molar-refractivity contribution in [3.63, 3.8) is 0 Å². The van der Waals surface area contributed by atoms with Gasteiger partial charge in [-0.3, -0.25) is 0 Å². The van der Waals surface area contributed by atoms with Crippen molar-refractivity contribution in [1.29, 1.82) is 0 Å². The number of fused-ring (bicyclic) bond motifs is 11. The smallest absolute Gasteiger partial charge is 0.160 e. The van der Waals surface area contributed by atoms with E-state index in [4.69, 9.17) is 14.4 Å². The highest BCUT2D eigenvalue weighted by Gasteiger charge is 2.24. The molecule has 328 valence electrons. The van der Waals surface area contributed by atoms with Gasteiger partial charge in [-0.25, -0.2) is 9.98 Å². The van der Waals surface area contributed by atoms with Crippen molar-refractivity contribution in [3.05, 3.63) is 271 Å². The molecule has 0 spiro atoms. The number of hydrogen-bond acceptors (Lipinski definition) is 2. The number of aromatic nitrogens is 2. The number of benzene rings is 9. The minimum Gasteiger partial charge on any atom is -0.453 e. The lowest BCUT2D eigenvalue weighted by Gasteiger charge is -2.19. The predicted octanol–water partition coefficient (Wildman–Crippen LogP) is 16.4. The molecule has 3 heterocycles. The first kappa shape index (κ1) is 41.4. The summed E-state index contributed by atoms with van der Waals surface area (Å²) in [5.41, 5.74) is 15.1. The van der Waals surface area contributed by atoms with Gasteiger partial charge in [-0.2, -0.15) is 0 Å². The summed E-state index contributed by atoms with van der Waals surface area (Å²) < 4.78 is 12.2. The summed E-state index contributed by atoms with van der Waals surface area (Å²) in [4.78, 5) is 10.1. The zero-order valence-electron chi connectivity index (χ0n) is 38.1. The van der Waals surface area contributed by atoms with E-state index >= 15 is 0 Å². The van der Waals surface area contributed by atoms with E-state index in [-0.39, 0.29) is 0 Å². The standard InChI is InChI=1S/C64H46N4O/c1-43(44(2)66-64(48-28-14-6-15-29-48)65-42-46-24-10-4-11-25-46)40-55(47-26-12-5-13-27-47)59(41-45-22-8-3-9-23-45)68-57-35-21-19-33-54(57)60-58(68)39-38-52-53-37-36-51-50-32-18-20-34-56(50)67(49-30-16-7-17-31-49)61(51)63(53)69-62(52)60/h3-40,42H,2,41H2,1H3/b43-40+,59-55-,65-42?,66-64?. The maximum Gasteiger partial charge on any atom is 0.160 e. The lowest BCUT2D eigenvalue weighted by molar-refractivity contribution is 0.675. The van der Waals surface area contributed by atoms with E-state index in [9.17, 15) is 0 Å². The van der Waals surface area contributed by atoms with Crippen LogP contribution in [-0.2, 0) is 6.42 Å². The molecular weight excluding hydrogens is 841 g/mol. The van der Waals surface area contributed by atoms with Crippen molar-refractivity contribution in [3.8, 4) is 5.69 Å². The number of aliphatic imine (C=N–C) groups is 2. The molecule has 0 atom stereocenters. The highest BCUT2D eigenvalue weighted by atomic mass is 16.3. The molecule has 0 aliphatic rings. The monoisotopic (exact) mass is 886 g/mol. The molecule has 12 rings (SSSR count). The molecule has 0 N–H and O–H groups in total. The maximum absolute atomic E-state index is 7.35. The van der Waals surface area contributed by atoms with E-state index in [2.05, 4.69) is 193 Å². The Labute approximate surface area is 400 Å². The topological polar surface area (TPSA) is 47.7 Å². The number of nitrogens with zero attached hydrogens (tertiary/aromatic N) is 4. The summed E-state index contributed by atoms with van der Waals surface area (Å²) in [6.45, 7) is 6.67. The Bertz CT molecular complexity index is 4020. The first-order chi connectivity index (χ1) is 34.1. The third-order valence-corrected chi connectivity index (χ3v) is 13.2. The van der Waals surface area contributed by atoms with E-state index in [1.54, 1.807) is 0 Å². The average Bonchev–Trinajstić information content (AvgIpc) is 4.08. The SMILES string of the molecule is C=C(N=C(N=Cc1ccccc1)c1ccccc1)/C(C)=C/C(=C(\Cc1ccccc1)n1c2ccccc2c2c3oc4c(ccc5c6ccccc6n(-c6ccccc6)c54)c3ccc21)c1ccccc1. The molecular formula is C64H46N4O. The molecule has 0 bridgehead atoms. The summed E-state index contributed by atoms with van der Waals surface area (Å²) in [6, 6.07) is 78.6. The highest BCUT2D eigenvalue weighted by Crippen LogP contribution is 2.45.